The average molecular weight is 301 g/mol. The van der Waals surface area contributed by atoms with Crippen molar-refractivity contribution in [2.24, 2.45) is 7.05 Å². The molecular weight excluding hydrogens is 278 g/mol. The molecule has 22 heavy (non-hydrogen) atoms. The molecule has 3 rings (SSSR count). The SMILES string of the molecule is C[C@@H]1[C@@H](C)N(C(=O)c2ccc[nH]2)CCN1Cc1cnn(C)c1. The minimum absolute atomic E-state index is 0.0883. The first kappa shape index (κ1) is 14.8. The highest BCUT2D eigenvalue weighted by molar-refractivity contribution is 5.92. The van der Waals surface area contributed by atoms with Gasteiger partial charge in [0.05, 0.1) is 6.20 Å². The summed E-state index contributed by atoms with van der Waals surface area (Å²) < 4.78 is 1.83. The molecule has 0 spiro atoms. The molecule has 2 aromatic heterocycles. The number of aromatic nitrogens is 3. The fourth-order valence-electron chi connectivity index (χ4n) is 3.12. The maximum absolute atomic E-state index is 12.5. The lowest BCUT2D eigenvalue weighted by Gasteiger charge is -2.44. The molecule has 1 aliphatic rings. The lowest BCUT2D eigenvalue weighted by Crippen LogP contribution is -2.58. The Balaban J connectivity index is 1.67. The minimum Gasteiger partial charge on any atom is -0.357 e. The molecule has 118 valence electrons. The molecule has 1 fully saturated rings. The van der Waals surface area contributed by atoms with Gasteiger partial charge in [0.15, 0.2) is 0 Å². The number of H-pyrrole nitrogens is 1. The van der Waals surface area contributed by atoms with Crippen molar-refractivity contribution in [2.45, 2.75) is 32.5 Å². The first-order valence-electron chi connectivity index (χ1n) is 7.72. The Morgan fingerprint density at radius 1 is 1.36 bits per heavy atom. The summed E-state index contributed by atoms with van der Waals surface area (Å²) in [7, 11) is 1.93. The van der Waals surface area contributed by atoms with Gasteiger partial charge in [0, 0.05) is 56.7 Å². The number of carbonyl (C=O) groups excluding carboxylic acids is 1. The average Bonchev–Trinajstić information content (AvgIpc) is 3.15. The zero-order valence-electron chi connectivity index (χ0n) is 13.4. The first-order chi connectivity index (χ1) is 10.6. The number of carbonyl (C=O) groups is 1. The lowest BCUT2D eigenvalue weighted by molar-refractivity contribution is 0.0246. The molecule has 1 saturated heterocycles. The fraction of sp³-hybridized carbons (Fsp3) is 0.500. The molecule has 1 N–H and O–H groups in total. The Kier molecular flexibility index (Phi) is 4.02. The van der Waals surface area contributed by atoms with Crippen LogP contribution in [0.25, 0.3) is 0 Å². The van der Waals surface area contributed by atoms with Gasteiger partial charge in [0.25, 0.3) is 5.91 Å². The number of piperazine rings is 1. The summed E-state index contributed by atoms with van der Waals surface area (Å²) in [6.45, 7) is 6.83. The second kappa shape index (κ2) is 5.96. The van der Waals surface area contributed by atoms with E-state index in [2.05, 4.69) is 28.8 Å². The number of aryl methyl sites for hydroxylation is 1. The number of aromatic amines is 1. The summed E-state index contributed by atoms with van der Waals surface area (Å²) in [5.41, 5.74) is 1.88. The Labute approximate surface area is 130 Å². The Morgan fingerprint density at radius 2 is 2.18 bits per heavy atom. The minimum atomic E-state index is 0.0883. The van der Waals surface area contributed by atoms with Crippen LogP contribution in [0.3, 0.4) is 0 Å². The van der Waals surface area contributed by atoms with E-state index in [1.165, 1.54) is 5.56 Å². The van der Waals surface area contributed by atoms with Crippen molar-refractivity contribution in [1.82, 2.24) is 24.6 Å². The van der Waals surface area contributed by atoms with Gasteiger partial charge in [0.1, 0.15) is 5.69 Å². The summed E-state index contributed by atoms with van der Waals surface area (Å²) in [6, 6.07) is 4.19. The number of nitrogens with one attached hydrogen (secondary N) is 1. The van der Waals surface area contributed by atoms with Crippen molar-refractivity contribution >= 4 is 5.91 Å². The van der Waals surface area contributed by atoms with E-state index in [0.29, 0.717) is 11.7 Å². The van der Waals surface area contributed by atoms with Crippen LogP contribution in [-0.2, 0) is 13.6 Å². The van der Waals surface area contributed by atoms with E-state index in [4.69, 9.17) is 0 Å². The van der Waals surface area contributed by atoms with Crippen molar-refractivity contribution in [3.8, 4) is 0 Å². The predicted octanol–water partition coefficient (Wildman–Crippen LogP) is 1.48. The number of amides is 1. The van der Waals surface area contributed by atoms with E-state index in [0.717, 1.165) is 19.6 Å². The van der Waals surface area contributed by atoms with E-state index in [1.54, 1.807) is 6.20 Å². The molecule has 2 atom stereocenters. The van der Waals surface area contributed by atoms with Crippen molar-refractivity contribution < 1.29 is 4.79 Å². The van der Waals surface area contributed by atoms with Gasteiger partial charge in [-0.25, -0.2) is 0 Å². The maximum atomic E-state index is 12.5. The van der Waals surface area contributed by atoms with Gasteiger partial charge >= 0.3 is 0 Å². The van der Waals surface area contributed by atoms with Gasteiger partial charge in [-0.05, 0) is 26.0 Å². The van der Waals surface area contributed by atoms with Gasteiger partial charge in [0.2, 0.25) is 0 Å². The third-order valence-corrected chi connectivity index (χ3v) is 4.63. The molecule has 0 saturated carbocycles. The number of nitrogens with zero attached hydrogens (tertiary/aromatic N) is 4. The first-order valence-corrected chi connectivity index (χ1v) is 7.72. The molecule has 1 aliphatic heterocycles. The topological polar surface area (TPSA) is 57.2 Å². The number of hydrogen-bond acceptors (Lipinski definition) is 3. The molecule has 2 aromatic rings. The third kappa shape index (κ3) is 2.78. The van der Waals surface area contributed by atoms with Gasteiger partial charge in [-0.3, -0.25) is 14.4 Å². The lowest BCUT2D eigenvalue weighted by atomic mass is 10.0. The second-order valence-corrected chi connectivity index (χ2v) is 6.06. The molecule has 0 unspecified atom stereocenters. The van der Waals surface area contributed by atoms with Crippen LogP contribution in [0.1, 0.15) is 29.9 Å². The van der Waals surface area contributed by atoms with Crippen molar-refractivity contribution in [3.05, 3.63) is 42.0 Å². The standard InChI is InChI=1S/C16H23N5O/c1-12-13(2)21(16(22)15-5-4-6-17-15)8-7-20(12)11-14-9-18-19(3)10-14/h4-6,9-10,12-13,17H,7-8,11H2,1-3H3/t12-,13-/m1/s1. The summed E-state index contributed by atoms with van der Waals surface area (Å²) >= 11 is 0. The van der Waals surface area contributed by atoms with E-state index < -0.39 is 0 Å². The van der Waals surface area contributed by atoms with Crippen LogP contribution in [0.15, 0.2) is 30.7 Å². The van der Waals surface area contributed by atoms with Gasteiger partial charge in [-0.15, -0.1) is 0 Å². The molecule has 0 aromatic carbocycles. The normalized spacial score (nSPS) is 23.0. The fourth-order valence-corrected chi connectivity index (χ4v) is 3.12. The van der Waals surface area contributed by atoms with Gasteiger partial charge in [-0.1, -0.05) is 0 Å². The van der Waals surface area contributed by atoms with Crippen LogP contribution in [0, 0.1) is 0 Å². The molecule has 6 heteroatoms. The molecule has 0 radical (unpaired) electrons. The van der Waals surface area contributed by atoms with Crippen molar-refractivity contribution in [1.29, 1.82) is 0 Å². The maximum Gasteiger partial charge on any atom is 0.270 e. The summed E-state index contributed by atoms with van der Waals surface area (Å²) in [6.07, 6.45) is 5.75. The molecule has 0 aliphatic carbocycles. The summed E-state index contributed by atoms with van der Waals surface area (Å²) in [5.74, 6) is 0.0883. The van der Waals surface area contributed by atoms with Crippen LogP contribution in [-0.4, -0.2) is 55.6 Å². The molecule has 1 amide bonds. The predicted molar refractivity (Wildman–Crippen MR) is 84.4 cm³/mol. The van der Waals surface area contributed by atoms with E-state index >= 15 is 0 Å². The zero-order valence-corrected chi connectivity index (χ0v) is 13.4. The van der Waals surface area contributed by atoms with Crippen molar-refractivity contribution in [2.75, 3.05) is 13.1 Å². The highest BCUT2D eigenvalue weighted by atomic mass is 16.2. The zero-order chi connectivity index (χ0) is 15.7. The third-order valence-electron chi connectivity index (χ3n) is 4.63. The largest absolute Gasteiger partial charge is 0.357 e. The quantitative estimate of drug-likeness (QED) is 0.934. The Hall–Kier alpha value is -2.08. The van der Waals surface area contributed by atoms with Crippen LogP contribution >= 0.6 is 0 Å². The van der Waals surface area contributed by atoms with Gasteiger partial charge < -0.3 is 9.88 Å². The Bertz CT molecular complexity index is 633. The number of hydrogen-bond donors (Lipinski definition) is 1. The van der Waals surface area contributed by atoms with Gasteiger partial charge in [-0.2, -0.15) is 5.10 Å². The second-order valence-electron chi connectivity index (χ2n) is 6.06. The van der Waals surface area contributed by atoms with Crippen LogP contribution in [0.2, 0.25) is 0 Å². The molecule has 0 bridgehead atoms. The van der Waals surface area contributed by atoms with Crippen LogP contribution in [0.4, 0.5) is 0 Å². The van der Waals surface area contributed by atoms with E-state index in [1.807, 2.05) is 41.2 Å². The van der Waals surface area contributed by atoms with Crippen molar-refractivity contribution in [3.63, 3.8) is 0 Å². The number of rotatable bonds is 3. The highest BCUT2D eigenvalue weighted by Gasteiger charge is 2.34. The monoisotopic (exact) mass is 301 g/mol. The smallest absolute Gasteiger partial charge is 0.270 e. The summed E-state index contributed by atoms with van der Waals surface area (Å²) in [4.78, 5) is 19.9. The highest BCUT2D eigenvalue weighted by Crippen LogP contribution is 2.21. The molecule has 6 nitrogen and oxygen atoms in total. The Morgan fingerprint density at radius 3 is 2.82 bits per heavy atom. The van der Waals surface area contributed by atoms with Crippen LogP contribution < -0.4 is 0 Å². The van der Waals surface area contributed by atoms with Crippen LogP contribution in [0.5, 0.6) is 0 Å². The summed E-state index contributed by atoms with van der Waals surface area (Å²) in [5, 5.41) is 4.22. The molecule has 3 heterocycles. The van der Waals surface area contributed by atoms with E-state index in [-0.39, 0.29) is 11.9 Å². The van der Waals surface area contributed by atoms with E-state index in [9.17, 15) is 4.79 Å². The molecular formula is C16H23N5O.